The second-order valence-corrected chi connectivity index (χ2v) is 7.39. The summed E-state index contributed by atoms with van der Waals surface area (Å²) < 4.78 is 6.68. The molecule has 0 radical (unpaired) electrons. The van der Waals surface area contributed by atoms with Gasteiger partial charge in [0.15, 0.2) is 0 Å². The van der Waals surface area contributed by atoms with Gasteiger partial charge in [-0.2, -0.15) is 0 Å². The monoisotopic (exact) mass is 328 g/mol. The van der Waals surface area contributed by atoms with Crippen LogP contribution >= 0.6 is 0 Å². The summed E-state index contributed by atoms with van der Waals surface area (Å²) in [5, 5.41) is 2.31. The summed E-state index contributed by atoms with van der Waals surface area (Å²) in [5.74, 6) is 0.842. The molecule has 0 saturated heterocycles. The predicted octanol–water partition coefficient (Wildman–Crippen LogP) is 5.06. The molecule has 3 nitrogen and oxygen atoms in total. The Labute approximate surface area is 147 Å². The lowest BCUT2D eigenvalue weighted by atomic mass is 9.77. The molecule has 1 unspecified atom stereocenters. The Morgan fingerprint density at radius 1 is 0.920 bits per heavy atom. The molecule has 2 aliphatic heterocycles. The van der Waals surface area contributed by atoms with Gasteiger partial charge >= 0.3 is 0 Å². The summed E-state index contributed by atoms with van der Waals surface area (Å²) in [7, 11) is 2.09. The Bertz CT molecular complexity index is 1040. The maximum absolute atomic E-state index is 6.68. The third kappa shape index (κ3) is 1.68. The number of nitrogens with zero attached hydrogens (tertiary/aromatic N) is 2. The van der Waals surface area contributed by atoms with Gasteiger partial charge in [0.2, 0.25) is 5.72 Å². The fraction of sp³-hybridized carbons (Fsp3) is 0.227. The third-order valence-corrected chi connectivity index (χ3v) is 5.83. The molecule has 3 heteroatoms. The number of rotatable bonds is 0. The van der Waals surface area contributed by atoms with Crippen LogP contribution in [-0.2, 0) is 5.41 Å². The Morgan fingerprint density at radius 3 is 2.52 bits per heavy atom. The van der Waals surface area contributed by atoms with E-state index >= 15 is 0 Å². The minimum atomic E-state index is -0.619. The van der Waals surface area contributed by atoms with Gasteiger partial charge in [-0.1, -0.05) is 48.5 Å². The zero-order chi connectivity index (χ0) is 17.2. The summed E-state index contributed by atoms with van der Waals surface area (Å²) in [6, 6.07) is 21.0. The minimum Gasteiger partial charge on any atom is -0.459 e. The van der Waals surface area contributed by atoms with E-state index in [4.69, 9.17) is 9.73 Å². The number of aliphatic imine (C=N–C) groups is 1. The molecular formula is C22H20N2O. The quantitative estimate of drug-likeness (QED) is 0.576. The lowest BCUT2D eigenvalue weighted by molar-refractivity contribution is 0.0826. The van der Waals surface area contributed by atoms with E-state index in [1.54, 1.807) is 0 Å². The maximum Gasteiger partial charge on any atom is 0.228 e. The summed E-state index contributed by atoms with van der Waals surface area (Å²) in [4.78, 5) is 7.11. The van der Waals surface area contributed by atoms with Gasteiger partial charge in [0.1, 0.15) is 11.4 Å². The number of anilines is 1. The molecule has 1 atom stereocenters. The first-order valence-electron chi connectivity index (χ1n) is 8.64. The van der Waals surface area contributed by atoms with E-state index in [9.17, 15) is 0 Å². The molecule has 25 heavy (non-hydrogen) atoms. The third-order valence-electron chi connectivity index (χ3n) is 5.83. The van der Waals surface area contributed by atoms with Crippen molar-refractivity contribution in [2.75, 3.05) is 11.9 Å². The van der Waals surface area contributed by atoms with Gasteiger partial charge in [-0.25, -0.2) is 0 Å². The van der Waals surface area contributed by atoms with Crippen LogP contribution in [0.1, 0.15) is 19.4 Å². The molecule has 0 aromatic heterocycles. The summed E-state index contributed by atoms with van der Waals surface area (Å²) in [6.45, 7) is 4.46. The Balaban J connectivity index is 1.72. The van der Waals surface area contributed by atoms with Crippen molar-refractivity contribution in [3.8, 4) is 5.75 Å². The topological polar surface area (TPSA) is 24.8 Å². The molecule has 0 bridgehead atoms. The Kier molecular flexibility index (Phi) is 2.69. The maximum atomic E-state index is 6.68. The van der Waals surface area contributed by atoms with Crippen LogP contribution in [0.25, 0.3) is 10.8 Å². The average Bonchev–Trinajstić information content (AvgIpc) is 2.81. The molecule has 0 fully saturated rings. The highest BCUT2D eigenvalue weighted by molar-refractivity contribution is 5.99. The summed E-state index contributed by atoms with van der Waals surface area (Å²) in [6.07, 6.45) is 1.99. The van der Waals surface area contributed by atoms with Crippen molar-refractivity contribution in [3.05, 3.63) is 66.2 Å². The van der Waals surface area contributed by atoms with Crippen LogP contribution in [0, 0.1) is 0 Å². The van der Waals surface area contributed by atoms with Crippen LogP contribution in [0.5, 0.6) is 5.75 Å². The normalized spacial score (nSPS) is 22.8. The van der Waals surface area contributed by atoms with Crippen molar-refractivity contribution < 1.29 is 4.74 Å². The van der Waals surface area contributed by atoms with E-state index in [2.05, 4.69) is 68.3 Å². The molecule has 0 N–H and O–H groups in total. The molecule has 2 aliphatic rings. The van der Waals surface area contributed by atoms with E-state index < -0.39 is 5.72 Å². The second kappa shape index (κ2) is 4.63. The fourth-order valence-electron chi connectivity index (χ4n) is 4.33. The number of para-hydroxylation sites is 1. The summed E-state index contributed by atoms with van der Waals surface area (Å²) >= 11 is 0. The number of likely N-dealkylation sites (N-methyl/N-ethyl adjacent to an activating group) is 1. The van der Waals surface area contributed by atoms with E-state index in [0.29, 0.717) is 0 Å². The predicted molar refractivity (Wildman–Crippen MR) is 103 cm³/mol. The molecule has 3 aromatic carbocycles. The molecule has 124 valence electrons. The van der Waals surface area contributed by atoms with Gasteiger partial charge in [-0.3, -0.25) is 4.99 Å². The Morgan fingerprint density at radius 2 is 1.68 bits per heavy atom. The molecule has 5 rings (SSSR count). The van der Waals surface area contributed by atoms with E-state index in [-0.39, 0.29) is 5.41 Å². The average molecular weight is 328 g/mol. The number of hydrogen-bond donors (Lipinski definition) is 0. The van der Waals surface area contributed by atoms with Gasteiger partial charge in [-0.15, -0.1) is 0 Å². The molecule has 0 amide bonds. The molecule has 3 aromatic rings. The van der Waals surface area contributed by atoms with Crippen molar-refractivity contribution in [1.82, 2.24) is 0 Å². The van der Waals surface area contributed by atoms with Crippen molar-refractivity contribution in [2.24, 2.45) is 4.99 Å². The van der Waals surface area contributed by atoms with Gasteiger partial charge in [-0.05, 0) is 36.9 Å². The first kappa shape index (κ1) is 14.5. The lowest BCUT2D eigenvalue weighted by Gasteiger charge is -2.45. The molecule has 0 saturated carbocycles. The van der Waals surface area contributed by atoms with Crippen molar-refractivity contribution in [1.29, 1.82) is 0 Å². The Hall–Kier alpha value is -2.81. The standard InChI is InChI=1S/C22H20N2O/c1-21(2)17-10-6-7-11-18(17)24(3)22(21)14-23-20-16-9-5-4-8-15(16)12-13-19(20)25-22/h4-14H,1-3H3. The van der Waals surface area contributed by atoms with Crippen LogP contribution in [0.2, 0.25) is 0 Å². The first-order valence-corrected chi connectivity index (χ1v) is 8.64. The number of benzene rings is 3. The van der Waals surface area contributed by atoms with Crippen LogP contribution in [-0.4, -0.2) is 19.0 Å². The van der Waals surface area contributed by atoms with E-state index in [1.807, 2.05) is 24.4 Å². The van der Waals surface area contributed by atoms with Crippen LogP contribution in [0.15, 0.2) is 65.7 Å². The van der Waals surface area contributed by atoms with E-state index in [1.165, 1.54) is 16.6 Å². The fourth-order valence-corrected chi connectivity index (χ4v) is 4.33. The van der Waals surface area contributed by atoms with Gasteiger partial charge in [0.05, 0.1) is 11.6 Å². The SMILES string of the molecule is CN1c2ccccc2C(C)(C)C12C=Nc1c(ccc3ccccc13)O2. The zero-order valence-electron chi connectivity index (χ0n) is 14.7. The first-order chi connectivity index (χ1) is 12.0. The highest BCUT2D eigenvalue weighted by Crippen LogP contribution is 2.53. The van der Waals surface area contributed by atoms with Gasteiger partial charge < -0.3 is 9.64 Å². The lowest BCUT2D eigenvalue weighted by Crippen LogP contribution is -2.61. The number of ether oxygens (including phenoxy) is 1. The van der Waals surface area contributed by atoms with Crippen molar-refractivity contribution in [3.63, 3.8) is 0 Å². The van der Waals surface area contributed by atoms with Crippen LogP contribution < -0.4 is 9.64 Å². The highest BCUT2D eigenvalue weighted by atomic mass is 16.5. The van der Waals surface area contributed by atoms with Gasteiger partial charge in [0.25, 0.3) is 0 Å². The number of hydrogen-bond acceptors (Lipinski definition) is 3. The number of fused-ring (bicyclic) bond motifs is 4. The smallest absolute Gasteiger partial charge is 0.228 e. The summed E-state index contributed by atoms with van der Waals surface area (Å²) in [5.41, 5.74) is 2.57. The van der Waals surface area contributed by atoms with Crippen molar-refractivity contribution in [2.45, 2.75) is 25.0 Å². The largest absolute Gasteiger partial charge is 0.459 e. The second-order valence-electron chi connectivity index (χ2n) is 7.39. The zero-order valence-corrected chi connectivity index (χ0v) is 14.7. The molecular weight excluding hydrogens is 308 g/mol. The van der Waals surface area contributed by atoms with Gasteiger partial charge in [0, 0.05) is 18.1 Å². The highest BCUT2D eigenvalue weighted by Gasteiger charge is 2.58. The molecule has 0 aliphatic carbocycles. The van der Waals surface area contributed by atoms with Crippen molar-refractivity contribution >= 4 is 28.4 Å². The van der Waals surface area contributed by atoms with Crippen LogP contribution in [0.4, 0.5) is 11.4 Å². The minimum absolute atomic E-state index is 0.217. The molecule has 1 spiro atoms. The molecule has 2 heterocycles. The van der Waals surface area contributed by atoms with E-state index in [0.717, 1.165) is 16.8 Å². The van der Waals surface area contributed by atoms with Crippen LogP contribution in [0.3, 0.4) is 0 Å².